The number of hydrogen-bond donors (Lipinski definition) is 0. The van der Waals surface area contributed by atoms with Gasteiger partial charge in [0.2, 0.25) is 5.88 Å². The molecular formula is C6H5ClF2N2O. The first-order chi connectivity index (χ1) is 5.72. The van der Waals surface area contributed by atoms with E-state index in [9.17, 15) is 8.78 Å². The number of ether oxygens (including phenoxy) is 1. The van der Waals surface area contributed by atoms with Crippen molar-refractivity contribution in [3.05, 3.63) is 17.8 Å². The highest BCUT2D eigenvalue weighted by Gasteiger charge is 2.05. The van der Waals surface area contributed by atoms with Gasteiger partial charge in [-0.05, 0) is 6.07 Å². The van der Waals surface area contributed by atoms with Crippen LogP contribution in [0.3, 0.4) is 0 Å². The van der Waals surface area contributed by atoms with E-state index in [-0.39, 0.29) is 11.8 Å². The first-order valence-corrected chi connectivity index (χ1v) is 3.59. The van der Waals surface area contributed by atoms with Gasteiger partial charge in [0.15, 0.2) is 0 Å². The van der Waals surface area contributed by atoms with Crippen molar-refractivity contribution in [2.45, 2.75) is 12.5 Å². The maximum atomic E-state index is 11.6. The molecule has 0 aliphatic heterocycles. The van der Waals surface area contributed by atoms with Gasteiger partial charge in [-0.3, -0.25) is 0 Å². The summed E-state index contributed by atoms with van der Waals surface area (Å²) in [5.74, 6) is -0.0130. The van der Waals surface area contributed by atoms with Crippen molar-refractivity contribution >= 4 is 11.6 Å². The third-order valence-electron chi connectivity index (χ3n) is 1.04. The Morgan fingerprint density at radius 1 is 1.42 bits per heavy atom. The van der Waals surface area contributed by atoms with Crippen LogP contribution in [0.25, 0.3) is 0 Å². The van der Waals surface area contributed by atoms with Crippen LogP contribution in [0.15, 0.2) is 12.1 Å². The van der Waals surface area contributed by atoms with Gasteiger partial charge in [0.25, 0.3) is 0 Å². The molecule has 0 saturated carbocycles. The number of alkyl halides is 3. The number of halogens is 3. The molecule has 12 heavy (non-hydrogen) atoms. The van der Waals surface area contributed by atoms with Crippen LogP contribution in [0.1, 0.15) is 5.69 Å². The second-order valence-corrected chi connectivity index (χ2v) is 2.14. The molecular weight excluding hydrogens is 190 g/mol. The van der Waals surface area contributed by atoms with Gasteiger partial charge < -0.3 is 4.74 Å². The Bertz CT molecular complexity index is 242. The van der Waals surface area contributed by atoms with Crippen LogP contribution in [0.4, 0.5) is 8.78 Å². The van der Waals surface area contributed by atoms with E-state index in [1.54, 1.807) is 0 Å². The molecule has 0 aromatic carbocycles. The summed E-state index contributed by atoms with van der Waals surface area (Å²) in [6.07, 6.45) is 0. The van der Waals surface area contributed by atoms with Crippen molar-refractivity contribution in [1.29, 1.82) is 0 Å². The number of rotatable bonds is 3. The van der Waals surface area contributed by atoms with Crippen LogP contribution in [0.5, 0.6) is 5.88 Å². The Labute approximate surface area is 72.3 Å². The molecule has 0 atom stereocenters. The number of aromatic nitrogens is 2. The molecule has 66 valence electrons. The zero-order valence-corrected chi connectivity index (χ0v) is 6.63. The van der Waals surface area contributed by atoms with Gasteiger partial charge in [-0.25, -0.2) is 0 Å². The largest absolute Gasteiger partial charge is 0.415 e. The van der Waals surface area contributed by atoms with E-state index in [1.807, 2.05) is 0 Å². The monoisotopic (exact) mass is 194 g/mol. The molecule has 1 rings (SSSR count). The van der Waals surface area contributed by atoms with Crippen LogP contribution in [0, 0.1) is 0 Å². The molecule has 1 aromatic heterocycles. The van der Waals surface area contributed by atoms with Crippen LogP contribution in [-0.4, -0.2) is 16.8 Å². The fourth-order valence-electron chi connectivity index (χ4n) is 0.573. The minimum absolute atomic E-state index is 0.196. The lowest BCUT2D eigenvalue weighted by molar-refractivity contribution is -0.0534. The first-order valence-electron chi connectivity index (χ1n) is 3.05. The van der Waals surface area contributed by atoms with Crippen molar-refractivity contribution in [2.75, 3.05) is 0 Å². The Morgan fingerprint density at radius 2 is 2.17 bits per heavy atom. The van der Waals surface area contributed by atoms with Gasteiger partial charge in [0.1, 0.15) is 0 Å². The average molecular weight is 195 g/mol. The molecule has 3 nitrogen and oxygen atoms in total. The van der Waals surface area contributed by atoms with Crippen LogP contribution < -0.4 is 4.74 Å². The highest BCUT2D eigenvalue weighted by Crippen LogP contribution is 2.09. The zero-order valence-electron chi connectivity index (χ0n) is 5.88. The quantitative estimate of drug-likeness (QED) is 0.689. The summed E-state index contributed by atoms with van der Waals surface area (Å²) in [5, 5.41) is 6.86. The van der Waals surface area contributed by atoms with E-state index in [0.29, 0.717) is 5.69 Å². The molecule has 0 bridgehead atoms. The summed E-state index contributed by atoms with van der Waals surface area (Å²) in [6.45, 7) is -2.87. The highest BCUT2D eigenvalue weighted by atomic mass is 35.5. The highest BCUT2D eigenvalue weighted by molar-refractivity contribution is 6.16. The Morgan fingerprint density at radius 3 is 2.58 bits per heavy atom. The summed E-state index contributed by atoms with van der Waals surface area (Å²) < 4.78 is 27.1. The summed E-state index contributed by atoms with van der Waals surface area (Å²) in [5.41, 5.74) is 0.512. The molecule has 0 radical (unpaired) electrons. The lowest BCUT2D eigenvalue weighted by Gasteiger charge is -2.01. The fourth-order valence-corrected chi connectivity index (χ4v) is 0.716. The van der Waals surface area contributed by atoms with Gasteiger partial charge in [0, 0.05) is 6.07 Å². The topological polar surface area (TPSA) is 35.0 Å². The van der Waals surface area contributed by atoms with E-state index in [0.717, 1.165) is 0 Å². The molecule has 0 aliphatic carbocycles. The van der Waals surface area contributed by atoms with E-state index in [1.165, 1.54) is 12.1 Å². The van der Waals surface area contributed by atoms with Gasteiger partial charge in [0.05, 0.1) is 11.6 Å². The fraction of sp³-hybridized carbons (Fsp3) is 0.333. The van der Waals surface area contributed by atoms with E-state index in [2.05, 4.69) is 14.9 Å². The van der Waals surface area contributed by atoms with Gasteiger partial charge in [-0.2, -0.15) is 13.9 Å². The summed E-state index contributed by atoms with van der Waals surface area (Å²) in [7, 11) is 0. The molecule has 0 fully saturated rings. The van der Waals surface area contributed by atoms with E-state index >= 15 is 0 Å². The third-order valence-corrected chi connectivity index (χ3v) is 1.32. The van der Waals surface area contributed by atoms with Crippen molar-refractivity contribution in [3.8, 4) is 5.88 Å². The number of nitrogens with zero attached hydrogens (tertiary/aromatic N) is 2. The first kappa shape index (κ1) is 9.12. The molecule has 1 heterocycles. The third kappa shape index (κ3) is 2.58. The SMILES string of the molecule is FC(F)Oc1ccc(CCl)nn1. The van der Waals surface area contributed by atoms with Gasteiger partial charge >= 0.3 is 6.61 Å². The maximum absolute atomic E-state index is 11.6. The smallest absolute Gasteiger partial charge is 0.388 e. The second kappa shape index (κ2) is 4.15. The summed E-state index contributed by atoms with van der Waals surface area (Å²) >= 11 is 5.39. The summed E-state index contributed by atoms with van der Waals surface area (Å²) in [4.78, 5) is 0. The second-order valence-electron chi connectivity index (χ2n) is 1.88. The van der Waals surface area contributed by atoms with E-state index in [4.69, 9.17) is 11.6 Å². The predicted octanol–water partition coefficient (Wildman–Crippen LogP) is 1.82. The minimum Gasteiger partial charge on any atom is -0.415 e. The van der Waals surface area contributed by atoms with Crippen LogP contribution in [0.2, 0.25) is 0 Å². The molecule has 1 aromatic rings. The lowest BCUT2D eigenvalue weighted by Crippen LogP contribution is -2.04. The van der Waals surface area contributed by atoms with Crippen LogP contribution in [-0.2, 0) is 5.88 Å². The molecule has 0 saturated heterocycles. The maximum Gasteiger partial charge on any atom is 0.388 e. The Balaban J connectivity index is 2.65. The zero-order chi connectivity index (χ0) is 8.97. The Kier molecular flexibility index (Phi) is 3.16. The predicted molar refractivity (Wildman–Crippen MR) is 38.2 cm³/mol. The standard InChI is InChI=1S/C6H5ClF2N2O/c7-3-4-1-2-5(11-10-4)12-6(8)9/h1-2,6H,3H2. The molecule has 0 amide bonds. The average Bonchev–Trinajstić information content (AvgIpc) is 2.05. The number of hydrogen-bond acceptors (Lipinski definition) is 3. The molecule has 0 spiro atoms. The molecule has 6 heteroatoms. The molecule has 0 aliphatic rings. The van der Waals surface area contributed by atoms with Gasteiger partial charge in [-0.15, -0.1) is 16.7 Å². The van der Waals surface area contributed by atoms with Crippen molar-refractivity contribution in [1.82, 2.24) is 10.2 Å². The lowest BCUT2D eigenvalue weighted by atomic mass is 10.4. The van der Waals surface area contributed by atoms with Crippen molar-refractivity contribution in [3.63, 3.8) is 0 Å². The minimum atomic E-state index is -2.87. The van der Waals surface area contributed by atoms with Gasteiger partial charge in [-0.1, -0.05) is 0 Å². The Hall–Kier alpha value is -0.970. The van der Waals surface area contributed by atoms with E-state index < -0.39 is 6.61 Å². The normalized spacial score (nSPS) is 10.3. The van der Waals surface area contributed by atoms with Crippen molar-refractivity contribution in [2.24, 2.45) is 0 Å². The summed E-state index contributed by atoms with van der Waals surface area (Å²) in [6, 6.07) is 2.76. The van der Waals surface area contributed by atoms with Crippen molar-refractivity contribution < 1.29 is 13.5 Å². The molecule has 0 N–H and O–H groups in total. The molecule has 0 unspecified atom stereocenters. The van der Waals surface area contributed by atoms with Crippen LogP contribution >= 0.6 is 11.6 Å².